The molecule has 3 N–H and O–H groups in total. The third-order valence-electron chi connectivity index (χ3n) is 2.47. The lowest BCUT2D eigenvalue weighted by Crippen LogP contribution is -2.33. The second kappa shape index (κ2) is 5.80. The number of benzene rings is 1. The van der Waals surface area contributed by atoms with Crippen LogP contribution in [0.1, 0.15) is 31.9 Å². The monoisotopic (exact) mass is 237 g/mol. The molecule has 0 aliphatic rings. The van der Waals surface area contributed by atoms with Gasteiger partial charge in [0, 0.05) is 0 Å². The molecule has 0 bridgehead atoms. The highest BCUT2D eigenvalue weighted by molar-refractivity contribution is 5.75. The van der Waals surface area contributed by atoms with Crippen molar-refractivity contribution in [1.29, 1.82) is 0 Å². The van der Waals surface area contributed by atoms with Gasteiger partial charge in [0.05, 0.1) is 5.60 Å². The normalized spacial score (nSPS) is 13.4. The fourth-order valence-corrected chi connectivity index (χ4v) is 1.52. The van der Waals surface area contributed by atoms with Crippen LogP contribution in [0.2, 0.25) is 0 Å². The highest BCUT2D eigenvalue weighted by Gasteiger charge is 2.20. The molecule has 0 aromatic heterocycles. The summed E-state index contributed by atoms with van der Waals surface area (Å²) in [5.74, 6) is -0.910. The van der Waals surface area contributed by atoms with Crippen LogP contribution >= 0.6 is 0 Å². The molecule has 0 fully saturated rings. The Labute approximate surface area is 101 Å². The Morgan fingerprint density at radius 3 is 2.41 bits per heavy atom. The quantitative estimate of drug-likeness (QED) is 0.702. The van der Waals surface area contributed by atoms with E-state index in [9.17, 15) is 9.90 Å². The first-order valence-corrected chi connectivity index (χ1v) is 5.64. The molecule has 0 heterocycles. The van der Waals surface area contributed by atoms with Crippen molar-refractivity contribution in [1.82, 2.24) is 5.32 Å². The summed E-state index contributed by atoms with van der Waals surface area (Å²) >= 11 is 0. The summed E-state index contributed by atoms with van der Waals surface area (Å²) in [4.78, 5) is 11.1. The van der Waals surface area contributed by atoms with Crippen LogP contribution in [-0.2, 0) is 4.79 Å². The van der Waals surface area contributed by atoms with Gasteiger partial charge < -0.3 is 15.5 Å². The average Bonchev–Trinajstić information content (AvgIpc) is 2.23. The number of aliphatic hydroxyl groups is 1. The van der Waals surface area contributed by atoms with Gasteiger partial charge in [-0.05, 0) is 32.4 Å². The first-order chi connectivity index (χ1) is 7.90. The SMILES string of the molecule is CC(C)(O)CCNC(C(=O)O)c1ccccc1. The van der Waals surface area contributed by atoms with Gasteiger partial charge in [0.25, 0.3) is 0 Å². The van der Waals surface area contributed by atoms with Crippen molar-refractivity contribution in [3.8, 4) is 0 Å². The first kappa shape index (κ1) is 13.7. The molecular weight excluding hydrogens is 218 g/mol. The maximum absolute atomic E-state index is 11.1. The van der Waals surface area contributed by atoms with E-state index in [4.69, 9.17) is 5.11 Å². The van der Waals surface area contributed by atoms with Crippen molar-refractivity contribution in [2.24, 2.45) is 0 Å². The number of carboxylic acids is 1. The van der Waals surface area contributed by atoms with E-state index in [-0.39, 0.29) is 0 Å². The molecule has 1 rings (SSSR count). The summed E-state index contributed by atoms with van der Waals surface area (Å²) in [6, 6.07) is 8.29. The van der Waals surface area contributed by atoms with E-state index in [2.05, 4.69) is 5.32 Å². The van der Waals surface area contributed by atoms with Crippen LogP contribution in [0.4, 0.5) is 0 Å². The van der Waals surface area contributed by atoms with E-state index in [0.717, 1.165) is 5.56 Å². The smallest absolute Gasteiger partial charge is 0.325 e. The van der Waals surface area contributed by atoms with E-state index in [1.807, 2.05) is 18.2 Å². The minimum absolute atomic E-state index is 0.454. The molecule has 17 heavy (non-hydrogen) atoms. The van der Waals surface area contributed by atoms with Crippen molar-refractivity contribution in [2.75, 3.05) is 6.54 Å². The molecule has 0 saturated heterocycles. The number of carbonyl (C=O) groups is 1. The van der Waals surface area contributed by atoms with E-state index in [1.165, 1.54) is 0 Å². The van der Waals surface area contributed by atoms with E-state index >= 15 is 0 Å². The molecular formula is C13H19NO3. The Balaban J connectivity index is 2.60. The standard InChI is InChI=1S/C13H19NO3/c1-13(2,17)8-9-14-11(12(15)16)10-6-4-3-5-7-10/h3-7,11,14,17H,8-9H2,1-2H3,(H,15,16). The second-order valence-electron chi connectivity index (χ2n) is 4.70. The zero-order valence-electron chi connectivity index (χ0n) is 10.2. The molecule has 1 unspecified atom stereocenters. The predicted molar refractivity (Wildman–Crippen MR) is 65.7 cm³/mol. The average molecular weight is 237 g/mol. The lowest BCUT2D eigenvalue weighted by molar-refractivity contribution is -0.139. The van der Waals surface area contributed by atoms with Crippen molar-refractivity contribution in [3.63, 3.8) is 0 Å². The summed E-state index contributed by atoms with van der Waals surface area (Å²) in [6.07, 6.45) is 0.504. The van der Waals surface area contributed by atoms with Crippen LogP contribution in [0.3, 0.4) is 0 Å². The van der Waals surface area contributed by atoms with Crippen LogP contribution in [-0.4, -0.2) is 28.3 Å². The summed E-state index contributed by atoms with van der Waals surface area (Å²) in [6.45, 7) is 3.86. The molecule has 1 atom stereocenters. The number of hydrogen-bond acceptors (Lipinski definition) is 3. The maximum atomic E-state index is 11.1. The molecule has 1 aromatic carbocycles. The molecule has 0 amide bonds. The third-order valence-corrected chi connectivity index (χ3v) is 2.47. The molecule has 0 radical (unpaired) electrons. The Kier molecular flexibility index (Phi) is 4.66. The van der Waals surface area contributed by atoms with Gasteiger partial charge in [-0.2, -0.15) is 0 Å². The van der Waals surface area contributed by atoms with Gasteiger partial charge in [-0.1, -0.05) is 30.3 Å². The summed E-state index contributed by atoms with van der Waals surface area (Å²) in [5.41, 5.74) is -0.0667. The molecule has 94 valence electrons. The number of nitrogens with one attached hydrogen (secondary N) is 1. The van der Waals surface area contributed by atoms with Gasteiger partial charge in [-0.25, -0.2) is 0 Å². The Morgan fingerprint density at radius 1 is 1.35 bits per heavy atom. The van der Waals surface area contributed by atoms with Gasteiger partial charge in [0.2, 0.25) is 0 Å². The maximum Gasteiger partial charge on any atom is 0.325 e. The first-order valence-electron chi connectivity index (χ1n) is 5.64. The number of hydrogen-bond donors (Lipinski definition) is 3. The van der Waals surface area contributed by atoms with Gasteiger partial charge >= 0.3 is 5.97 Å². The molecule has 0 saturated carbocycles. The highest BCUT2D eigenvalue weighted by atomic mass is 16.4. The predicted octanol–water partition coefficient (Wildman–Crippen LogP) is 1.56. The summed E-state index contributed by atoms with van der Waals surface area (Å²) < 4.78 is 0. The van der Waals surface area contributed by atoms with Crippen LogP contribution in [0.5, 0.6) is 0 Å². The molecule has 0 aliphatic heterocycles. The topological polar surface area (TPSA) is 69.6 Å². The number of aliphatic carboxylic acids is 1. The van der Waals surface area contributed by atoms with Gasteiger partial charge in [-0.15, -0.1) is 0 Å². The largest absolute Gasteiger partial charge is 0.480 e. The van der Waals surface area contributed by atoms with Crippen LogP contribution < -0.4 is 5.32 Å². The van der Waals surface area contributed by atoms with Gasteiger partial charge in [0.15, 0.2) is 0 Å². The Bertz CT molecular complexity index is 357. The minimum Gasteiger partial charge on any atom is -0.480 e. The van der Waals surface area contributed by atoms with Crippen molar-refractivity contribution in [2.45, 2.75) is 31.9 Å². The van der Waals surface area contributed by atoms with Crippen molar-refractivity contribution in [3.05, 3.63) is 35.9 Å². The minimum atomic E-state index is -0.910. The van der Waals surface area contributed by atoms with Crippen LogP contribution in [0.15, 0.2) is 30.3 Å². The highest BCUT2D eigenvalue weighted by Crippen LogP contribution is 2.13. The molecule has 0 aliphatic carbocycles. The zero-order valence-corrected chi connectivity index (χ0v) is 10.2. The van der Waals surface area contributed by atoms with E-state index in [0.29, 0.717) is 13.0 Å². The lowest BCUT2D eigenvalue weighted by atomic mass is 10.0. The Morgan fingerprint density at radius 2 is 1.94 bits per heavy atom. The number of rotatable bonds is 6. The fraction of sp³-hybridized carbons (Fsp3) is 0.462. The van der Waals surface area contributed by atoms with Gasteiger partial charge in [-0.3, -0.25) is 4.79 Å². The molecule has 1 aromatic rings. The van der Waals surface area contributed by atoms with Crippen molar-refractivity contribution >= 4 is 5.97 Å². The van der Waals surface area contributed by atoms with Crippen LogP contribution in [0.25, 0.3) is 0 Å². The van der Waals surface area contributed by atoms with Crippen LogP contribution in [0, 0.1) is 0 Å². The van der Waals surface area contributed by atoms with E-state index in [1.54, 1.807) is 26.0 Å². The third kappa shape index (κ3) is 4.97. The molecule has 0 spiro atoms. The molecule has 4 heteroatoms. The summed E-state index contributed by atoms with van der Waals surface area (Å²) in [5, 5.41) is 21.6. The Hall–Kier alpha value is -1.39. The fourth-order valence-electron chi connectivity index (χ4n) is 1.52. The zero-order chi connectivity index (χ0) is 12.9. The second-order valence-corrected chi connectivity index (χ2v) is 4.70. The summed E-state index contributed by atoms with van der Waals surface area (Å²) in [7, 11) is 0. The lowest BCUT2D eigenvalue weighted by Gasteiger charge is -2.20. The number of carboxylic acid groups (broad SMARTS) is 1. The van der Waals surface area contributed by atoms with Crippen molar-refractivity contribution < 1.29 is 15.0 Å². The van der Waals surface area contributed by atoms with Gasteiger partial charge in [0.1, 0.15) is 6.04 Å². The molecule has 4 nitrogen and oxygen atoms in total. The van der Waals surface area contributed by atoms with E-state index < -0.39 is 17.6 Å².